The Bertz CT molecular complexity index is 403. The van der Waals surface area contributed by atoms with Crippen LogP contribution in [0.1, 0.15) is 25.7 Å². The first-order chi connectivity index (χ1) is 8.45. The molecule has 1 heterocycles. The first-order valence-electron chi connectivity index (χ1n) is 5.81. The maximum Gasteiger partial charge on any atom is 0.391 e. The van der Waals surface area contributed by atoms with Crippen molar-refractivity contribution in [1.82, 2.24) is 4.98 Å². The molecule has 0 radical (unpaired) electrons. The van der Waals surface area contributed by atoms with Crippen LogP contribution in [0.2, 0.25) is 0 Å². The van der Waals surface area contributed by atoms with Gasteiger partial charge in [0.05, 0.1) is 5.92 Å². The molecule has 0 aromatic carbocycles. The first kappa shape index (κ1) is 13.6. The lowest BCUT2D eigenvalue weighted by Crippen LogP contribution is -2.32. The maximum atomic E-state index is 12.5. The van der Waals surface area contributed by atoms with Crippen LogP contribution in [0.5, 0.6) is 5.88 Å². The van der Waals surface area contributed by atoms with Crippen molar-refractivity contribution < 1.29 is 17.9 Å². The van der Waals surface area contributed by atoms with Gasteiger partial charge < -0.3 is 4.74 Å². The van der Waals surface area contributed by atoms with Crippen molar-refractivity contribution >= 4 is 15.9 Å². The average Bonchev–Trinajstić information content (AvgIpc) is 2.28. The summed E-state index contributed by atoms with van der Waals surface area (Å²) in [5.41, 5.74) is 0. The predicted octanol–water partition coefficient (Wildman–Crippen LogP) is 4.34. The van der Waals surface area contributed by atoms with Crippen molar-refractivity contribution in [2.75, 3.05) is 0 Å². The summed E-state index contributed by atoms with van der Waals surface area (Å²) < 4.78 is 43.7. The average molecular weight is 324 g/mol. The minimum absolute atomic E-state index is 0.141. The number of alkyl halides is 3. The van der Waals surface area contributed by atoms with Crippen LogP contribution in [0.25, 0.3) is 0 Å². The molecule has 1 aromatic heterocycles. The molecule has 100 valence electrons. The lowest BCUT2D eigenvalue weighted by Gasteiger charge is -2.29. The van der Waals surface area contributed by atoms with Gasteiger partial charge in [-0.2, -0.15) is 13.2 Å². The van der Waals surface area contributed by atoms with Gasteiger partial charge >= 0.3 is 6.18 Å². The van der Waals surface area contributed by atoms with Crippen molar-refractivity contribution in [3.8, 4) is 5.88 Å². The molecule has 0 unspecified atom stereocenters. The molecular weight excluding hydrogens is 311 g/mol. The monoisotopic (exact) mass is 323 g/mol. The molecule has 0 amide bonds. The third kappa shape index (κ3) is 3.60. The summed E-state index contributed by atoms with van der Waals surface area (Å²) in [6.45, 7) is 0. The van der Waals surface area contributed by atoms with Crippen molar-refractivity contribution in [2.24, 2.45) is 5.92 Å². The van der Waals surface area contributed by atoms with E-state index in [2.05, 4.69) is 20.9 Å². The third-order valence-electron chi connectivity index (χ3n) is 3.11. The Kier molecular flexibility index (Phi) is 4.14. The highest BCUT2D eigenvalue weighted by Gasteiger charge is 2.41. The molecule has 0 aliphatic heterocycles. The Morgan fingerprint density at radius 3 is 2.39 bits per heavy atom. The van der Waals surface area contributed by atoms with Gasteiger partial charge in [0.1, 0.15) is 10.7 Å². The van der Waals surface area contributed by atoms with E-state index in [4.69, 9.17) is 4.74 Å². The Balaban J connectivity index is 1.87. The van der Waals surface area contributed by atoms with Gasteiger partial charge in [0.15, 0.2) is 0 Å². The molecule has 2 nitrogen and oxygen atoms in total. The second-order valence-electron chi connectivity index (χ2n) is 4.43. The minimum atomic E-state index is -4.07. The second-order valence-corrected chi connectivity index (χ2v) is 5.24. The van der Waals surface area contributed by atoms with Crippen LogP contribution in [0, 0.1) is 5.92 Å². The van der Waals surface area contributed by atoms with Crippen molar-refractivity contribution in [1.29, 1.82) is 0 Å². The van der Waals surface area contributed by atoms with Gasteiger partial charge in [0.25, 0.3) is 0 Å². The number of pyridine rings is 1. The van der Waals surface area contributed by atoms with Crippen molar-refractivity contribution in [3.63, 3.8) is 0 Å². The van der Waals surface area contributed by atoms with Crippen LogP contribution in [0.3, 0.4) is 0 Å². The van der Waals surface area contributed by atoms with E-state index in [9.17, 15) is 13.2 Å². The van der Waals surface area contributed by atoms with Gasteiger partial charge in [0.2, 0.25) is 5.88 Å². The molecule has 0 spiro atoms. The normalized spacial score (nSPS) is 24.9. The number of halogens is 4. The van der Waals surface area contributed by atoms with E-state index >= 15 is 0 Å². The summed E-state index contributed by atoms with van der Waals surface area (Å²) in [7, 11) is 0. The summed E-state index contributed by atoms with van der Waals surface area (Å²) in [4.78, 5) is 4.11. The number of aromatic nitrogens is 1. The predicted molar refractivity (Wildman–Crippen MR) is 64.4 cm³/mol. The first-order valence-corrected chi connectivity index (χ1v) is 6.60. The minimum Gasteiger partial charge on any atom is -0.474 e. The standard InChI is InChI=1S/C12H13BrF3NO/c13-10-2-1-3-11(17-10)18-9-6-4-8(5-7-9)12(14,15)16/h1-3,8-9H,4-7H2. The fraction of sp³-hybridized carbons (Fsp3) is 0.583. The molecule has 18 heavy (non-hydrogen) atoms. The Labute approximate surface area is 112 Å². The summed E-state index contributed by atoms with van der Waals surface area (Å²) >= 11 is 3.22. The van der Waals surface area contributed by atoms with Crippen molar-refractivity contribution in [2.45, 2.75) is 38.0 Å². The van der Waals surface area contributed by atoms with Gasteiger partial charge in [0, 0.05) is 6.07 Å². The quantitative estimate of drug-likeness (QED) is 0.755. The molecule has 2 rings (SSSR count). The van der Waals surface area contributed by atoms with Gasteiger partial charge in [-0.15, -0.1) is 0 Å². The van der Waals surface area contributed by atoms with Crippen LogP contribution < -0.4 is 4.74 Å². The van der Waals surface area contributed by atoms with E-state index in [1.165, 1.54) is 0 Å². The van der Waals surface area contributed by atoms with Crippen LogP contribution >= 0.6 is 15.9 Å². The van der Waals surface area contributed by atoms with Crippen LogP contribution in [-0.2, 0) is 0 Å². The van der Waals surface area contributed by atoms with Gasteiger partial charge in [-0.1, -0.05) is 6.07 Å². The maximum absolute atomic E-state index is 12.5. The van der Waals surface area contributed by atoms with E-state index < -0.39 is 12.1 Å². The summed E-state index contributed by atoms with van der Waals surface area (Å²) in [6, 6.07) is 5.27. The highest BCUT2D eigenvalue weighted by atomic mass is 79.9. The largest absolute Gasteiger partial charge is 0.474 e. The van der Waals surface area contributed by atoms with Gasteiger partial charge in [-0.05, 0) is 47.7 Å². The van der Waals surface area contributed by atoms with Crippen LogP contribution in [0.15, 0.2) is 22.8 Å². The smallest absolute Gasteiger partial charge is 0.391 e. The van der Waals surface area contributed by atoms with Crippen LogP contribution in [-0.4, -0.2) is 17.3 Å². The summed E-state index contributed by atoms with van der Waals surface area (Å²) in [6.07, 6.45) is -3.09. The number of rotatable bonds is 2. The molecular formula is C12H13BrF3NO. The lowest BCUT2D eigenvalue weighted by molar-refractivity contribution is -0.185. The molecule has 0 bridgehead atoms. The molecule has 1 saturated carbocycles. The Morgan fingerprint density at radius 2 is 1.83 bits per heavy atom. The molecule has 0 saturated heterocycles. The van der Waals surface area contributed by atoms with E-state index in [0.717, 1.165) is 0 Å². The fourth-order valence-corrected chi connectivity index (χ4v) is 2.46. The van der Waals surface area contributed by atoms with E-state index in [1.54, 1.807) is 18.2 Å². The zero-order chi connectivity index (χ0) is 13.2. The molecule has 1 aliphatic carbocycles. The second kappa shape index (κ2) is 5.47. The SMILES string of the molecule is FC(F)(F)C1CCC(Oc2cccc(Br)n2)CC1. The molecule has 6 heteroatoms. The molecule has 0 atom stereocenters. The number of hydrogen-bond donors (Lipinski definition) is 0. The van der Waals surface area contributed by atoms with E-state index in [-0.39, 0.29) is 18.9 Å². The van der Waals surface area contributed by atoms with Gasteiger partial charge in [-0.3, -0.25) is 0 Å². The molecule has 0 N–H and O–H groups in total. The number of nitrogens with zero attached hydrogens (tertiary/aromatic N) is 1. The van der Waals surface area contributed by atoms with Crippen LogP contribution in [0.4, 0.5) is 13.2 Å². The van der Waals surface area contributed by atoms with E-state index in [1.807, 2.05) is 0 Å². The third-order valence-corrected chi connectivity index (χ3v) is 3.56. The number of ether oxygens (including phenoxy) is 1. The number of hydrogen-bond acceptors (Lipinski definition) is 2. The van der Waals surface area contributed by atoms with E-state index in [0.29, 0.717) is 23.3 Å². The topological polar surface area (TPSA) is 22.1 Å². The molecule has 1 aromatic rings. The fourth-order valence-electron chi connectivity index (χ4n) is 2.13. The summed E-state index contributed by atoms with van der Waals surface area (Å²) in [5, 5.41) is 0. The van der Waals surface area contributed by atoms with Gasteiger partial charge in [-0.25, -0.2) is 4.98 Å². The summed E-state index contributed by atoms with van der Waals surface area (Å²) in [5.74, 6) is -0.715. The Hall–Kier alpha value is -0.780. The Morgan fingerprint density at radius 1 is 1.17 bits per heavy atom. The highest BCUT2D eigenvalue weighted by Crippen LogP contribution is 2.38. The zero-order valence-corrected chi connectivity index (χ0v) is 11.2. The zero-order valence-electron chi connectivity index (χ0n) is 9.58. The lowest BCUT2D eigenvalue weighted by atomic mass is 9.87. The highest BCUT2D eigenvalue weighted by molar-refractivity contribution is 9.10. The van der Waals surface area contributed by atoms with Crippen molar-refractivity contribution in [3.05, 3.63) is 22.8 Å². The molecule has 1 aliphatic rings. The molecule has 1 fully saturated rings.